The van der Waals surface area contributed by atoms with Gasteiger partial charge >= 0.3 is 0 Å². The van der Waals surface area contributed by atoms with E-state index in [2.05, 4.69) is 10.3 Å². The van der Waals surface area contributed by atoms with Crippen LogP contribution >= 0.6 is 23.2 Å². The van der Waals surface area contributed by atoms with E-state index in [1.165, 1.54) is 0 Å². The normalized spacial score (nSPS) is 26.2. The van der Waals surface area contributed by atoms with Gasteiger partial charge in [-0.3, -0.25) is 4.79 Å². The Morgan fingerprint density at radius 3 is 2.56 bits per heavy atom. The summed E-state index contributed by atoms with van der Waals surface area (Å²) < 4.78 is -0.943. The summed E-state index contributed by atoms with van der Waals surface area (Å²) in [6, 6.07) is 3.63. The second-order valence-electron chi connectivity index (χ2n) is 4.39. The zero-order valence-corrected chi connectivity index (χ0v) is 10.6. The van der Waals surface area contributed by atoms with Gasteiger partial charge in [0.2, 0.25) is 5.91 Å². The van der Waals surface area contributed by atoms with Crippen molar-refractivity contribution in [3.63, 3.8) is 0 Å². The molecule has 2 rings (SSSR count). The number of hydrogen-bond donors (Lipinski definition) is 1. The third-order valence-electron chi connectivity index (χ3n) is 2.91. The van der Waals surface area contributed by atoms with E-state index < -0.39 is 9.75 Å². The van der Waals surface area contributed by atoms with Crippen molar-refractivity contribution in [3.8, 4) is 0 Å². The van der Waals surface area contributed by atoms with E-state index >= 15 is 0 Å². The fourth-order valence-electron chi connectivity index (χ4n) is 1.44. The van der Waals surface area contributed by atoms with Crippen molar-refractivity contribution in [1.29, 1.82) is 0 Å². The summed E-state index contributed by atoms with van der Waals surface area (Å²) in [6.07, 6.45) is 2.17. The number of rotatable bonds is 2. The van der Waals surface area contributed by atoms with Crippen LogP contribution in [0.25, 0.3) is 0 Å². The van der Waals surface area contributed by atoms with Crippen LogP contribution in [0.1, 0.15) is 18.9 Å². The molecular formula is C11H12Cl2N2O. The SMILES string of the molecule is Cc1ccc(NC(=O)[C@@]2(C)CC2(Cl)Cl)nc1. The van der Waals surface area contributed by atoms with Gasteiger partial charge in [-0.2, -0.15) is 0 Å². The molecule has 1 atom stereocenters. The van der Waals surface area contributed by atoms with Gasteiger partial charge < -0.3 is 5.32 Å². The highest BCUT2D eigenvalue weighted by Gasteiger charge is 2.67. The van der Waals surface area contributed by atoms with Crippen molar-refractivity contribution >= 4 is 34.9 Å². The Hall–Kier alpha value is -0.800. The summed E-state index contributed by atoms with van der Waals surface area (Å²) in [4.78, 5) is 16.0. The minimum atomic E-state index is -0.943. The number of amides is 1. The van der Waals surface area contributed by atoms with Gasteiger partial charge in [0.05, 0.1) is 5.41 Å². The number of carbonyl (C=O) groups excluding carboxylic acids is 1. The molecule has 0 aliphatic heterocycles. The molecule has 1 amide bonds. The first-order chi connectivity index (χ1) is 7.35. The number of carbonyl (C=O) groups is 1. The molecule has 1 aromatic heterocycles. The topological polar surface area (TPSA) is 42.0 Å². The summed E-state index contributed by atoms with van der Waals surface area (Å²) in [5.41, 5.74) is 0.336. The largest absolute Gasteiger partial charge is 0.310 e. The van der Waals surface area contributed by atoms with Crippen LogP contribution in [0.3, 0.4) is 0 Å². The lowest BCUT2D eigenvalue weighted by Crippen LogP contribution is -2.26. The number of pyridine rings is 1. The molecule has 16 heavy (non-hydrogen) atoms. The van der Waals surface area contributed by atoms with Crippen molar-refractivity contribution < 1.29 is 4.79 Å². The van der Waals surface area contributed by atoms with Gasteiger partial charge in [0, 0.05) is 6.20 Å². The van der Waals surface area contributed by atoms with Crippen LogP contribution in [0.2, 0.25) is 0 Å². The molecule has 0 saturated heterocycles. The first-order valence-corrected chi connectivity index (χ1v) is 5.73. The highest BCUT2D eigenvalue weighted by molar-refractivity contribution is 6.53. The number of aromatic nitrogens is 1. The molecule has 1 N–H and O–H groups in total. The van der Waals surface area contributed by atoms with E-state index in [4.69, 9.17) is 23.2 Å². The molecule has 0 unspecified atom stereocenters. The highest BCUT2D eigenvalue weighted by atomic mass is 35.5. The van der Waals surface area contributed by atoms with Crippen LogP contribution in [0.15, 0.2) is 18.3 Å². The van der Waals surface area contributed by atoms with Crippen LogP contribution < -0.4 is 5.32 Å². The number of alkyl halides is 2. The summed E-state index contributed by atoms with van der Waals surface area (Å²) in [5, 5.41) is 2.71. The first kappa shape index (κ1) is 11.7. The smallest absolute Gasteiger partial charge is 0.234 e. The molecule has 1 aliphatic carbocycles. The molecule has 1 aliphatic rings. The van der Waals surface area contributed by atoms with Crippen LogP contribution in [0, 0.1) is 12.3 Å². The van der Waals surface area contributed by atoms with Crippen molar-refractivity contribution in [2.24, 2.45) is 5.41 Å². The molecule has 0 aromatic carbocycles. The molecular weight excluding hydrogens is 247 g/mol. The summed E-state index contributed by atoms with van der Waals surface area (Å²) in [5.74, 6) is 0.335. The van der Waals surface area contributed by atoms with E-state index in [-0.39, 0.29) is 5.91 Å². The summed E-state index contributed by atoms with van der Waals surface area (Å²) >= 11 is 11.8. The molecule has 5 heteroatoms. The third kappa shape index (κ3) is 1.89. The van der Waals surface area contributed by atoms with E-state index in [9.17, 15) is 4.79 Å². The summed E-state index contributed by atoms with van der Waals surface area (Å²) in [7, 11) is 0. The Balaban J connectivity index is 2.07. The van der Waals surface area contributed by atoms with Gasteiger partial charge in [-0.1, -0.05) is 6.07 Å². The molecule has 0 spiro atoms. The number of aryl methyl sites for hydroxylation is 1. The van der Waals surface area contributed by atoms with Crippen LogP contribution in [0.4, 0.5) is 5.82 Å². The molecule has 1 fully saturated rings. The number of nitrogens with one attached hydrogen (secondary N) is 1. The molecule has 3 nitrogen and oxygen atoms in total. The second kappa shape index (κ2) is 3.60. The minimum absolute atomic E-state index is 0.186. The minimum Gasteiger partial charge on any atom is -0.310 e. The lowest BCUT2D eigenvalue weighted by Gasteiger charge is -2.11. The fraction of sp³-hybridized carbons (Fsp3) is 0.455. The number of anilines is 1. The predicted octanol–water partition coefficient (Wildman–Crippen LogP) is 2.91. The zero-order chi connectivity index (χ0) is 12.0. The maximum absolute atomic E-state index is 11.9. The molecule has 1 aromatic rings. The van der Waals surface area contributed by atoms with Gasteiger partial charge in [-0.05, 0) is 31.9 Å². The van der Waals surface area contributed by atoms with E-state index in [1.807, 2.05) is 13.0 Å². The average Bonchev–Trinajstić information content (AvgIpc) is 2.71. The van der Waals surface area contributed by atoms with Crippen molar-refractivity contribution in [2.45, 2.75) is 24.6 Å². The Labute approximate surface area is 104 Å². The number of halogens is 2. The molecule has 1 saturated carbocycles. The van der Waals surface area contributed by atoms with Gasteiger partial charge in [0.15, 0.2) is 0 Å². The third-order valence-corrected chi connectivity index (χ3v) is 4.01. The van der Waals surface area contributed by atoms with E-state index in [0.29, 0.717) is 12.2 Å². The quantitative estimate of drug-likeness (QED) is 0.830. The van der Waals surface area contributed by atoms with Gasteiger partial charge in [0.1, 0.15) is 10.2 Å². The van der Waals surface area contributed by atoms with Crippen molar-refractivity contribution in [1.82, 2.24) is 4.98 Å². The van der Waals surface area contributed by atoms with Crippen molar-refractivity contribution in [2.75, 3.05) is 5.32 Å². The van der Waals surface area contributed by atoms with Crippen LogP contribution in [-0.4, -0.2) is 15.2 Å². The monoisotopic (exact) mass is 258 g/mol. The van der Waals surface area contributed by atoms with Gasteiger partial charge in [-0.25, -0.2) is 4.98 Å². The molecule has 1 heterocycles. The molecule has 86 valence electrons. The maximum atomic E-state index is 11.9. The van der Waals surface area contributed by atoms with E-state index in [1.54, 1.807) is 19.2 Å². The summed E-state index contributed by atoms with van der Waals surface area (Å²) in [6.45, 7) is 3.68. The molecule has 0 bridgehead atoms. The fourth-order valence-corrected chi connectivity index (χ4v) is 2.15. The maximum Gasteiger partial charge on any atom is 0.234 e. The average molecular weight is 259 g/mol. The Morgan fingerprint density at radius 2 is 2.12 bits per heavy atom. The lowest BCUT2D eigenvalue weighted by atomic mass is 10.1. The number of nitrogens with zero attached hydrogens (tertiary/aromatic N) is 1. The zero-order valence-electron chi connectivity index (χ0n) is 9.05. The Kier molecular flexibility index (Phi) is 2.63. The first-order valence-electron chi connectivity index (χ1n) is 4.97. The second-order valence-corrected chi connectivity index (χ2v) is 5.87. The van der Waals surface area contributed by atoms with E-state index in [0.717, 1.165) is 5.56 Å². The van der Waals surface area contributed by atoms with Crippen LogP contribution in [-0.2, 0) is 4.79 Å². The number of hydrogen-bond acceptors (Lipinski definition) is 2. The Morgan fingerprint density at radius 1 is 1.50 bits per heavy atom. The highest BCUT2D eigenvalue weighted by Crippen LogP contribution is 2.64. The lowest BCUT2D eigenvalue weighted by molar-refractivity contribution is -0.120. The van der Waals surface area contributed by atoms with Crippen molar-refractivity contribution in [3.05, 3.63) is 23.9 Å². The molecule has 0 radical (unpaired) electrons. The van der Waals surface area contributed by atoms with Gasteiger partial charge in [0.25, 0.3) is 0 Å². The Bertz CT molecular complexity index is 430. The predicted molar refractivity (Wildman–Crippen MR) is 64.8 cm³/mol. The standard InChI is InChI=1S/C11H12Cl2N2O/c1-7-3-4-8(14-5-7)15-9(16)10(2)6-11(10,12)13/h3-5H,6H2,1-2H3,(H,14,15,16)/t10-/m1/s1. The van der Waals surface area contributed by atoms with Crippen LogP contribution in [0.5, 0.6) is 0 Å². The van der Waals surface area contributed by atoms with Gasteiger partial charge in [-0.15, -0.1) is 23.2 Å².